The highest BCUT2D eigenvalue weighted by molar-refractivity contribution is 7.82. The Morgan fingerprint density at radius 2 is 0.562 bits per heavy atom. The van der Waals surface area contributed by atoms with Crippen LogP contribution in [0.1, 0.15) is 129 Å². The van der Waals surface area contributed by atoms with Crippen LogP contribution in [0.25, 0.3) is 0 Å². The zero-order valence-corrected chi connectivity index (χ0v) is 81.7. The van der Waals surface area contributed by atoms with Crippen LogP contribution in [0, 0.1) is 0 Å². The maximum atomic E-state index is 12.4. The third-order valence-corrected chi connectivity index (χ3v) is 28.0. The van der Waals surface area contributed by atoms with Gasteiger partial charge in [-0.25, -0.2) is 61.6 Å². The molecule has 18 aliphatic rings. The number of carbonyl (C=O) groups excluding carboxylic acids is 14. The van der Waals surface area contributed by atoms with Gasteiger partial charge in [0.25, 0.3) is 35.4 Å². The maximum absolute atomic E-state index is 12.4. The van der Waals surface area contributed by atoms with Gasteiger partial charge in [-0.15, -0.1) is 25.7 Å². The molecule has 144 heavy (non-hydrogen) atoms. The number of nitrogens with zero attached hydrogens (tertiary/aromatic N) is 14. The molecule has 0 aromatic carbocycles. The topological polar surface area (TPSA) is 842 Å². The van der Waals surface area contributed by atoms with E-state index in [9.17, 15) is 118 Å². The van der Waals surface area contributed by atoms with E-state index in [0.717, 1.165) is 63.2 Å². The number of carbonyl (C=O) groups is 14. The highest BCUT2D eigenvalue weighted by Gasteiger charge is 2.57. The zero-order chi connectivity index (χ0) is 105. The molecule has 0 aromatic rings. The van der Waals surface area contributed by atoms with Crippen LogP contribution < -0.4 is 54.1 Å². The molecular formula is C70H112N24O44S6. The van der Waals surface area contributed by atoms with Gasteiger partial charge in [-0.2, -0.15) is 80.9 Å². The summed E-state index contributed by atoms with van der Waals surface area (Å²) in [5.74, 6) is -3.18. The van der Waals surface area contributed by atoms with E-state index < -0.39 is 213 Å². The summed E-state index contributed by atoms with van der Waals surface area (Å²) in [6.45, 7) is 9.56. The van der Waals surface area contributed by atoms with Crippen LogP contribution in [0.2, 0.25) is 0 Å². The number of rotatable bonds is 30. The zero-order valence-electron chi connectivity index (χ0n) is 76.8. The quantitative estimate of drug-likeness (QED) is 0.0235. The number of hydrogen-bond acceptors (Lipinski definition) is 42. The van der Waals surface area contributed by atoms with Crippen molar-refractivity contribution in [2.75, 3.05) is 118 Å². The number of fused-ring (bicyclic) bond motifs is 12. The van der Waals surface area contributed by atoms with Crippen LogP contribution in [-0.2, 0) is 155 Å². The van der Waals surface area contributed by atoms with Gasteiger partial charge in [-0.05, 0) is 142 Å². The lowest BCUT2D eigenvalue weighted by molar-refractivity contribution is -0.146. The summed E-state index contributed by atoms with van der Waals surface area (Å²) in [6.07, 6.45) is 7.83. The molecule has 18 rings (SSSR count). The Balaban J connectivity index is 0.000000145. The normalized spacial score (nSPS) is 29.5. The number of nitrogens with one attached hydrogen (secondary N) is 10. The Labute approximate surface area is 821 Å². The van der Waals surface area contributed by atoms with E-state index in [0.29, 0.717) is 147 Å². The summed E-state index contributed by atoms with van der Waals surface area (Å²) in [5.41, 5.74) is 14.1. The van der Waals surface area contributed by atoms with E-state index in [1.54, 1.807) is 4.90 Å². The van der Waals surface area contributed by atoms with Crippen molar-refractivity contribution in [1.82, 2.24) is 124 Å². The summed E-state index contributed by atoms with van der Waals surface area (Å²) < 4.78 is 208. The molecule has 4 unspecified atom stereocenters. The maximum Gasteiger partial charge on any atom is 0.418 e. The molecule has 16 atom stereocenters. The van der Waals surface area contributed by atoms with Crippen LogP contribution in [0.15, 0.2) is 0 Å². The number of likely N-dealkylation sites (tertiary alicyclic amines) is 2. The molecule has 0 radical (unpaired) electrons. The molecule has 12 bridgehead atoms. The minimum Gasteiger partial charge on any atom is -0.353 e. The summed E-state index contributed by atoms with van der Waals surface area (Å²) in [7, 11) is -26.9. The molecule has 16 N–H and O–H groups in total. The summed E-state index contributed by atoms with van der Waals surface area (Å²) in [4.78, 5) is 212. The third-order valence-electron chi connectivity index (χ3n) is 25.9. The fourth-order valence-corrected chi connectivity index (χ4v) is 21.2. The Hall–Kier alpha value is -9.80. The number of hydrogen-bond donors (Lipinski definition) is 16. The first-order valence-electron chi connectivity index (χ1n) is 45.4. The van der Waals surface area contributed by atoms with Gasteiger partial charge < -0.3 is 60.5 Å². The second kappa shape index (κ2) is 47.1. The second-order valence-corrected chi connectivity index (χ2v) is 42.0. The lowest BCUT2D eigenvalue weighted by Gasteiger charge is -2.31. The molecule has 18 aliphatic heterocycles. The summed E-state index contributed by atoms with van der Waals surface area (Å²) >= 11 is 0. The molecule has 74 heteroatoms. The highest BCUT2D eigenvalue weighted by atomic mass is 32.3. The standard InChI is InChI=1S/C13H20N4O8S.3C12H20N4O7S.C11H16N4O8S.C10H16N4O7S/c1-8(18)15-5-4-10(7-15)24-14-12(19)11-3-2-9-6-16(11)13(20)17(9)25-26(21,22)23;1-14-5-4-9(7-14)22-13-11(17)10-3-2-8-6-15(10)12(18)16(8)23-24(19,20)21;17-11(14-22-9-3-5-13-6-4-9)10-2-1-8-7-15(10)12(18)16(8)23-24(19,20)21;17-11(14-22-9-2-1-5-13-6-9)10-4-3-8-7-15(10)12(18)16(8)23-24(19,20)21;16-9-3-7(4-12-9)22-13-10(17)8-2-1-6-5-14(8)11(18)15(6)23-24(19,20)21;15-9(12-20-7-3-11-4-7)8-2-1-6-5-13(8)10(16)14(6)21-22(17,18)19/h9-11H,2-7H2,1H3,(H,14,19)(H,21,22,23);8-10H,2-7H2,1H3,(H,13,17)(H,19,20,21);2*8-10,13H,1-7H2,(H,14,17)(H,19,20,21);6-8H,1-5H2,(H,12,16)(H,13,17)(H,19,20,21);6-8,11H,1-5H2,(H,12,15)(H,17,18,19)/t9-,10?,11+;8-,9?,10+;8-,10+;8-,9?,10+;6-,7?,8+;6-,8+/m111111/s1. The van der Waals surface area contributed by atoms with Crippen molar-refractivity contribution in [3.63, 3.8) is 0 Å². The number of amides is 20. The first-order chi connectivity index (χ1) is 67.7. The van der Waals surface area contributed by atoms with Crippen molar-refractivity contribution in [2.24, 2.45) is 0 Å². The summed E-state index contributed by atoms with van der Waals surface area (Å²) in [6, 6.07) is -12.7. The van der Waals surface area contributed by atoms with Crippen molar-refractivity contribution in [1.29, 1.82) is 0 Å². The van der Waals surface area contributed by atoms with E-state index in [2.05, 4.69) is 84.8 Å². The van der Waals surface area contributed by atoms with Crippen molar-refractivity contribution in [3.8, 4) is 0 Å². The molecule has 20 amide bonds. The Bertz CT molecular complexity index is 5260. The van der Waals surface area contributed by atoms with Crippen LogP contribution in [0.4, 0.5) is 28.8 Å². The van der Waals surface area contributed by atoms with E-state index in [1.165, 1.54) is 31.4 Å². The molecule has 18 saturated heterocycles. The number of hydroxylamine groups is 18. The molecule has 18 fully saturated rings. The van der Waals surface area contributed by atoms with Gasteiger partial charge in [0.1, 0.15) is 54.6 Å². The molecule has 0 aliphatic carbocycles. The minimum absolute atomic E-state index is 0.0673. The molecule has 0 saturated carbocycles. The first-order valence-corrected chi connectivity index (χ1v) is 53.6. The average molecular weight is 2190 g/mol. The third kappa shape index (κ3) is 29.6. The number of urea groups is 6. The van der Waals surface area contributed by atoms with E-state index >= 15 is 0 Å². The Morgan fingerprint density at radius 3 is 0.806 bits per heavy atom. The van der Waals surface area contributed by atoms with E-state index in [4.69, 9.17) is 56.3 Å². The molecular weight excluding hydrogens is 2070 g/mol. The van der Waals surface area contributed by atoms with Crippen LogP contribution >= 0.6 is 0 Å². The molecule has 0 aromatic heterocycles. The van der Waals surface area contributed by atoms with Crippen LogP contribution in [-0.4, -0.2) is 458 Å². The van der Waals surface area contributed by atoms with Gasteiger partial charge in [-0.3, -0.25) is 94.7 Å². The fraction of sp³-hybridized carbons (Fsp3) is 0.800. The fourth-order valence-electron chi connectivity index (χ4n) is 18.8. The van der Waals surface area contributed by atoms with Gasteiger partial charge in [0, 0.05) is 98.6 Å². The van der Waals surface area contributed by atoms with Gasteiger partial charge >= 0.3 is 98.6 Å². The molecule has 0 spiro atoms. The lowest BCUT2D eigenvalue weighted by Crippen LogP contribution is -2.55. The lowest BCUT2D eigenvalue weighted by atomic mass is 10.0. The first kappa shape index (κ1) is 111. The Morgan fingerprint density at radius 1 is 0.292 bits per heavy atom. The van der Waals surface area contributed by atoms with Gasteiger partial charge in [-0.1, -0.05) is 0 Å². The predicted molar refractivity (Wildman–Crippen MR) is 462 cm³/mol. The highest BCUT2D eigenvalue weighted by Crippen LogP contribution is 2.38. The predicted octanol–water partition coefficient (Wildman–Crippen LogP) is -9.09. The Kier molecular flexibility index (Phi) is 36.5. The van der Waals surface area contributed by atoms with Crippen molar-refractivity contribution in [2.45, 2.75) is 238 Å². The van der Waals surface area contributed by atoms with Crippen LogP contribution in [0.5, 0.6) is 0 Å². The average Bonchev–Trinajstić information content (AvgIpc) is 1.65. The smallest absolute Gasteiger partial charge is 0.353 e. The SMILES string of the molecule is CC(=O)N1CCC(ONC(=O)[C@@H]2CC[C@@H]3CN2C(=O)N3OS(=O)(=O)O)C1.CN1CCC(ONC(=O)[C@@H]2CC[C@@H]3CN2C(=O)N3OS(=O)(=O)O)C1.O=C(NOC1CCCNC1)[C@@H]1CC[C@@H]2CN1C(=O)N2OS(=O)(=O)O.O=C(NOC1CCNCC1)[C@@H]1CC[C@@H]2CN1C(=O)N2OS(=O)(=O)O.O=C(NOC1CNC1)[C@@H]1CC[C@@H]2CN1C(=O)N2OS(=O)(=O)O.O=C1CC(ONC(=O)[C@@H]2CC[C@@H]3CN2C(=O)N3OS(=O)(=O)O)CN1. The largest absolute Gasteiger partial charge is 0.418 e. The molecule has 68 nitrogen and oxygen atoms in total. The molecule has 812 valence electrons. The second-order valence-electron chi connectivity index (χ2n) is 35.9. The number of likely N-dealkylation sites (N-methyl/N-ethyl adjacent to an activating group) is 1. The minimum atomic E-state index is -4.83. The van der Waals surface area contributed by atoms with Gasteiger partial charge in [0.2, 0.25) is 11.8 Å². The van der Waals surface area contributed by atoms with E-state index in [1.807, 2.05) is 7.05 Å². The van der Waals surface area contributed by atoms with Crippen molar-refractivity contribution in [3.05, 3.63) is 0 Å². The van der Waals surface area contributed by atoms with E-state index in [-0.39, 0.29) is 101 Å². The van der Waals surface area contributed by atoms with Crippen molar-refractivity contribution < 1.29 is 200 Å². The van der Waals surface area contributed by atoms with Crippen molar-refractivity contribution >= 4 is 146 Å². The monoisotopic (exact) mass is 2180 g/mol. The van der Waals surface area contributed by atoms with Gasteiger partial charge in [0.15, 0.2) is 0 Å². The molecule has 18 heterocycles. The van der Waals surface area contributed by atoms with Gasteiger partial charge in [0.05, 0.1) is 61.0 Å². The number of piperidine rings is 8. The van der Waals surface area contributed by atoms with Crippen LogP contribution in [0.3, 0.4) is 0 Å². The summed E-state index contributed by atoms with van der Waals surface area (Å²) in [5, 5.41) is 15.4.